The lowest BCUT2D eigenvalue weighted by atomic mass is 10.1. The molecular weight excluding hydrogens is 168 g/mol. The van der Waals surface area contributed by atoms with E-state index in [9.17, 15) is 0 Å². The van der Waals surface area contributed by atoms with Crippen LogP contribution in [-0.2, 0) is 4.74 Å². The summed E-state index contributed by atoms with van der Waals surface area (Å²) in [7, 11) is 0. The van der Waals surface area contributed by atoms with Crippen LogP contribution in [0.1, 0.15) is 0 Å². The van der Waals surface area contributed by atoms with Crippen LogP contribution >= 0.6 is 0 Å². The van der Waals surface area contributed by atoms with Crippen molar-refractivity contribution in [1.82, 2.24) is 0 Å². The maximum absolute atomic E-state index is 9.12. The lowest BCUT2D eigenvalue weighted by Crippen LogP contribution is -2.44. The van der Waals surface area contributed by atoms with Crippen molar-refractivity contribution in [1.29, 1.82) is 0 Å². The molecule has 1 fully saturated rings. The van der Waals surface area contributed by atoms with E-state index in [2.05, 4.69) is 0 Å². The van der Waals surface area contributed by atoms with Gasteiger partial charge in [-0.3, -0.25) is 0 Å². The van der Waals surface area contributed by atoms with Crippen molar-refractivity contribution in [3.8, 4) is 0 Å². The van der Waals surface area contributed by atoms with Gasteiger partial charge < -0.3 is 30.3 Å². The maximum atomic E-state index is 9.12. The van der Waals surface area contributed by atoms with E-state index in [4.69, 9.17) is 30.3 Å². The fourth-order valence-corrected chi connectivity index (χ4v) is 1.10. The van der Waals surface area contributed by atoms with Crippen LogP contribution in [0.3, 0.4) is 0 Å². The highest BCUT2D eigenvalue weighted by Crippen LogP contribution is 2.18. The molecule has 6 nitrogen and oxygen atoms in total. The van der Waals surface area contributed by atoms with Crippen LogP contribution in [0.4, 0.5) is 0 Å². The Balaban J connectivity index is 2.53. The van der Waals surface area contributed by atoms with Gasteiger partial charge in [-0.15, -0.1) is 0 Å². The molecule has 0 aromatic heterocycles. The smallest absolute Gasteiger partial charge is 0.180 e. The largest absolute Gasteiger partial charge is 0.388 e. The molecule has 6 heteroatoms. The Kier molecular flexibility index (Phi) is 2.99. The summed E-state index contributed by atoms with van der Waals surface area (Å²) < 4.78 is 4.73. The van der Waals surface area contributed by atoms with Crippen LogP contribution in [0.2, 0.25) is 0 Å². The first-order chi connectivity index (χ1) is 5.54. The molecule has 0 aromatic rings. The highest BCUT2D eigenvalue weighted by molar-refractivity contribution is 4.88. The van der Waals surface area contributed by atoms with E-state index < -0.39 is 30.7 Å². The van der Waals surface area contributed by atoms with Crippen LogP contribution in [-0.4, -0.2) is 62.8 Å². The third-order valence-electron chi connectivity index (χ3n) is 1.83. The van der Waals surface area contributed by atoms with Crippen molar-refractivity contribution in [3.05, 3.63) is 0 Å². The molecule has 1 saturated heterocycles. The van der Waals surface area contributed by atoms with Gasteiger partial charge in [0.25, 0.3) is 0 Å². The summed E-state index contributed by atoms with van der Waals surface area (Å²) in [6.07, 6.45) is -7.07. The van der Waals surface area contributed by atoms with Gasteiger partial charge in [-0.1, -0.05) is 0 Å². The average molecular weight is 180 g/mol. The zero-order valence-corrected chi connectivity index (χ0v) is 6.24. The molecule has 0 saturated carbocycles. The van der Waals surface area contributed by atoms with E-state index in [-0.39, 0.29) is 6.61 Å². The molecule has 4 atom stereocenters. The van der Waals surface area contributed by atoms with Gasteiger partial charge in [0.15, 0.2) is 6.29 Å². The number of hydrogen-bond acceptors (Lipinski definition) is 6. The molecule has 72 valence electrons. The zero-order valence-electron chi connectivity index (χ0n) is 6.24. The first kappa shape index (κ1) is 9.85. The minimum absolute atomic E-state index is 0.115. The quantitative estimate of drug-likeness (QED) is 0.286. The SMILES string of the molecule is OC(O)C(O)C1OCC(O)C1O. The van der Waals surface area contributed by atoms with Gasteiger partial charge in [-0.2, -0.15) is 0 Å². The number of hydrogen-bond donors (Lipinski definition) is 5. The summed E-state index contributed by atoms with van der Waals surface area (Å²) in [5.74, 6) is 0. The van der Waals surface area contributed by atoms with Gasteiger partial charge in [0.2, 0.25) is 0 Å². The summed E-state index contributed by atoms with van der Waals surface area (Å²) in [6.45, 7) is -0.115. The first-order valence-electron chi connectivity index (χ1n) is 3.56. The van der Waals surface area contributed by atoms with Gasteiger partial charge in [-0.25, -0.2) is 0 Å². The number of rotatable bonds is 2. The summed E-state index contributed by atoms with van der Waals surface area (Å²) in [6, 6.07) is 0. The van der Waals surface area contributed by atoms with Gasteiger partial charge in [-0.05, 0) is 0 Å². The predicted octanol–water partition coefficient (Wildman–Crippen LogP) is -3.22. The highest BCUT2D eigenvalue weighted by atomic mass is 16.6. The Bertz CT molecular complexity index is 149. The minimum Gasteiger partial charge on any atom is -0.388 e. The molecule has 0 bridgehead atoms. The van der Waals surface area contributed by atoms with Crippen LogP contribution < -0.4 is 0 Å². The molecule has 5 N–H and O–H groups in total. The summed E-state index contributed by atoms with van der Waals surface area (Å²) in [5.41, 5.74) is 0. The fourth-order valence-electron chi connectivity index (χ4n) is 1.10. The topological polar surface area (TPSA) is 110 Å². The second kappa shape index (κ2) is 3.65. The summed E-state index contributed by atoms with van der Waals surface area (Å²) in [4.78, 5) is 0. The molecule has 0 amide bonds. The van der Waals surface area contributed by atoms with E-state index in [0.29, 0.717) is 0 Å². The molecule has 1 aliphatic rings. The van der Waals surface area contributed by atoms with Crippen LogP contribution in [0.15, 0.2) is 0 Å². The van der Waals surface area contributed by atoms with Crippen molar-refractivity contribution in [3.63, 3.8) is 0 Å². The third-order valence-corrected chi connectivity index (χ3v) is 1.83. The van der Waals surface area contributed by atoms with Crippen molar-refractivity contribution in [2.75, 3.05) is 6.61 Å². The van der Waals surface area contributed by atoms with Crippen molar-refractivity contribution < 1.29 is 30.3 Å². The number of aliphatic hydroxyl groups is 5. The molecule has 0 aromatic carbocycles. The summed E-state index contributed by atoms with van der Waals surface area (Å²) >= 11 is 0. The van der Waals surface area contributed by atoms with Gasteiger partial charge in [0.05, 0.1) is 6.61 Å². The van der Waals surface area contributed by atoms with Gasteiger partial charge >= 0.3 is 0 Å². The van der Waals surface area contributed by atoms with Crippen molar-refractivity contribution in [2.45, 2.75) is 30.7 Å². The van der Waals surface area contributed by atoms with E-state index in [0.717, 1.165) is 0 Å². The predicted molar refractivity (Wildman–Crippen MR) is 36.0 cm³/mol. The normalized spacial score (nSPS) is 39.0. The van der Waals surface area contributed by atoms with Crippen molar-refractivity contribution >= 4 is 0 Å². The van der Waals surface area contributed by atoms with Crippen LogP contribution in [0.25, 0.3) is 0 Å². The second-order valence-corrected chi connectivity index (χ2v) is 2.76. The standard InChI is InChI=1S/C6H12O6/c7-2-1-12-5(3(2)8)4(9)6(10)11/h2-11H,1H2. The van der Waals surface area contributed by atoms with E-state index in [1.807, 2.05) is 0 Å². The molecule has 0 spiro atoms. The van der Waals surface area contributed by atoms with E-state index >= 15 is 0 Å². The first-order valence-corrected chi connectivity index (χ1v) is 3.56. The van der Waals surface area contributed by atoms with Crippen molar-refractivity contribution in [2.24, 2.45) is 0 Å². The number of ether oxygens (including phenoxy) is 1. The maximum Gasteiger partial charge on any atom is 0.180 e. The third kappa shape index (κ3) is 1.74. The zero-order chi connectivity index (χ0) is 9.30. The van der Waals surface area contributed by atoms with Crippen LogP contribution in [0.5, 0.6) is 0 Å². The van der Waals surface area contributed by atoms with Crippen LogP contribution in [0, 0.1) is 0 Å². The molecule has 12 heavy (non-hydrogen) atoms. The highest BCUT2D eigenvalue weighted by Gasteiger charge is 2.41. The molecular formula is C6H12O6. The Morgan fingerprint density at radius 2 is 1.75 bits per heavy atom. The molecule has 1 heterocycles. The Labute approximate surface area is 68.6 Å². The summed E-state index contributed by atoms with van der Waals surface area (Å²) in [5, 5.41) is 44.1. The van der Waals surface area contributed by atoms with Gasteiger partial charge in [0.1, 0.15) is 24.4 Å². The fraction of sp³-hybridized carbons (Fsp3) is 1.00. The monoisotopic (exact) mass is 180 g/mol. The molecule has 0 radical (unpaired) electrons. The van der Waals surface area contributed by atoms with E-state index in [1.165, 1.54) is 0 Å². The second-order valence-electron chi connectivity index (χ2n) is 2.76. The molecule has 1 aliphatic heterocycles. The lowest BCUT2D eigenvalue weighted by molar-refractivity contribution is -0.173. The van der Waals surface area contributed by atoms with Gasteiger partial charge in [0, 0.05) is 0 Å². The Morgan fingerprint density at radius 1 is 1.17 bits per heavy atom. The molecule has 0 aliphatic carbocycles. The number of aliphatic hydroxyl groups excluding tert-OH is 4. The van der Waals surface area contributed by atoms with E-state index in [1.54, 1.807) is 0 Å². The Hall–Kier alpha value is -0.240. The minimum atomic E-state index is -1.98. The molecule has 4 unspecified atom stereocenters. The lowest BCUT2D eigenvalue weighted by Gasteiger charge is -2.21. The Morgan fingerprint density at radius 3 is 2.08 bits per heavy atom. The average Bonchev–Trinajstić information content (AvgIpc) is 2.32. The molecule has 1 rings (SSSR count).